The van der Waals surface area contributed by atoms with Gasteiger partial charge < -0.3 is 14.9 Å². The van der Waals surface area contributed by atoms with Gasteiger partial charge in [-0.15, -0.1) is 0 Å². The first-order chi connectivity index (χ1) is 9.16. The Kier molecular flexibility index (Phi) is 2.89. The lowest BCUT2D eigenvalue weighted by atomic mass is 10.0. The standard InChI is InChI=1S/C14H16N2O3/c17-13(15-6-3-7-15)9-16-8-11(14(18)19)10-4-1-2-5-12(10)16/h1-2,4-5,11H,3,6-9H2,(H,18,19). The second-order valence-corrected chi connectivity index (χ2v) is 5.06. The highest BCUT2D eigenvalue weighted by Gasteiger charge is 2.35. The molecule has 2 heterocycles. The molecule has 100 valence electrons. The highest BCUT2D eigenvalue weighted by Crippen LogP contribution is 2.36. The smallest absolute Gasteiger partial charge is 0.312 e. The molecule has 0 spiro atoms. The third-order valence-corrected chi connectivity index (χ3v) is 3.89. The largest absolute Gasteiger partial charge is 0.481 e. The minimum Gasteiger partial charge on any atom is -0.481 e. The Labute approximate surface area is 111 Å². The fourth-order valence-corrected chi connectivity index (χ4v) is 2.68. The van der Waals surface area contributed by atoms with Gasteiger partial charge in [0.05, 0.1) is 6.54 Å². The number of rotatable bonds is 3. The molecule has 1 amide bonds. The summed E-state index contributed by atoms with van der Waals surface area (Å²) in [5.41, 5.74) is 1.69. The SMILES string of the molecule is O=C(O)C1CN(CC(=O)N2CCC2)c2ccccc21. The van der Waals surface area contributed by atoms with Crippen molar-refractivity contribution in [2.24, 2.45) is 0 Å². The number of fused-ring (bicyclic) bond motifs is 1. The highest BCUT2D eigenvalue weighted by atomic mass is 16.4. The van der Waals surface area contributed by atoms with Gasteiger partial charge in [-0.3, -0.25) is 9.59 Å². The van der Waals surface area contributed by atoms with Gasteiger partial charge in [0.2, 0.25) is 5.91 Å². The molecule has 5 heteroatoms. The molecule has 0 radical (unpaired) electrons. The Bertz CT molecular complexity index is 525. The number of aliphatic carboxylic acids is 1. The van der Waals surface area contributed by atoms with E-state index in [-0.39, 0.29) is 12.5 Å². The van der Waals surface area contributed by atoms with Crippen molar-refractivity contribution in [1.82, 2.24) is 4.90 Å². The monoisotopic (exact) mass is 260 g/mol. The Hall–Kier alpha value is -2.04. The maximum Gasteiger partial charge on any atom is 0.312 e. The van der Waals surface area contributed by atoms with Crippen LogP contribution in [0.2, 0.25) is 0 Å². The number of hydrogen-bond donors (Lipinski definition) is 1. The van der Waals surface area contributed by atoms with Crippen LogP contribution in [0.4, 0.5) is 5.69 Å². The van der Waals surface area contributed by atoms with Gasteiger partial charge in [-0.25, -0.2) is 0 Å². The first-order valence-corrected chi connectivity index (χ1v) is 6.51. The number of nitrogens with zero attached hydrogens (tertiary/aromatic N) is 2. The molecule has 19 heavy (non-hydrogen) atoms. The van der Waals surface area contributed by atoms with Gasteiger partial charge in [0.15, 0.2) is 0 Å². The fraction of sp³-hybridized carbons (Fsp3) is 0.429. The molecule has 3 rings (SSSR count). The molecule has 2 aliphatic heterocycles. The molecule has 5 nitrogen and oxygen atoms in total. The molecule has 0 aromatic heterocycles. The Morgan fingerprint density at radius 3 is 2.63 bits per heavy atom. The lowest BCUT2D eigenvalue weighted by Gasteiger charge is -2.33. The number of carbonyl (C=O) groups is 2. The van der Waals surface area contributed by atoms with E-state index in [0.717, 1.165) is 30.8 Å². The molecule has 1 unspecified atom stereocenters. The van der Waals surface area contributed by atoms with E-state index < -0.39 is 11.9 Å². The number of anilines is 1. The summed E-state index contributed by atoms with van der Waals surface area (Å²) in [5.74, 6) is -1.26. The molecule has 0 aliphatic carbocycles. The number of carbonyl (C=O) groups excluding carboxylic acids is 1. The number of likely N-dealkylation sites (tertiary alicyclic amines) is 1. The number of hydrogen-bond acceptors (Lipinski definition) is 3. The molecule has 2 aliphatic rings. The number of amides is 1. The van der Waals surface area contributed by atoms with Gasteiger partial charge in [0, 0.05) is 25.3 Å². The molecule has 1 fully saturated rings. The van der Waals surface area contributed by atoms with Crippen molar-refractivity contribution in [2.75, 3.05) is 31.1 Å². The molecule has 0 bridgehead atoms. The molecule has 0 saturated carbocycles. The summed E-state index contributed by atoms with van der Waals surface area (Å²) in [6.07, 6.45) is 1.07. The summed E-state index contributed by atoms with van der Waals surface area (Å²) in [6.45, 7) is 2.32. The van der Waals surface area contributed by atoms with E-state index >= 15 is 0 Å². The van der Waals surface area contributed by atoms with E-state index in [9.17, 15) is 14.7 Å². The van der Waals surface area contributed by atoms with Crippen LogP contribution in [-0.4, -0.2) is 48.1 Å². The van der Waals surface area contributed by atoms with Crippen LogP contribution in [-0.2, 0) is 9.59 Å². The van der Waals surface area contributed by atoms with E-state index in [4.69, 9.17) is 0 Å². The fourth-order valence-electron chi connectivity index (χ4n) is 2.68. The summed E-state index contributed by atoms with van der Waals surface area (Å²) < 4.78 is 0. The van der Waals surface area contributed by atoms with E-state index in [0.29, 0.717) is 6.54 Å². The van der Waals surface area contributed by atoms with E-state index in [2.05, 4.69) is 0 Å². The van der Waals surface area contributed by atoms with Crippen LogP contribution in [0.5, 0.6) is 0 Å². The molecule has 1 atom stereocenters. The van der Waals surface area contributed by atoms with E-state index in [1.54, 1.807) is 0 Å². The number of carboxylic acid groups (broad SMARTS) is 1. The van der Waals surface area contributed by atoms with E-state index in [1.165, 1.54) is 0 Å². The van der Waals surface area contributed by atoms with Gasteiger partial charge in [-0.05, 0) is 18.1 Å². The lowest BCUT2D eigenvalue weighted by molar-refractivity contribution is -0.138. The topological polar surface area (TPSA) is 60.9 Å². The average Bonchev–Trinajstić information content (AvgIpc) is 2.66. The minimum absolute atomic E-state index is 0.0899. The molecule has 1 N–H and O–H groups in total. The maximum atomic E-state index is 12.0. The lowest BCUT2D eigenvalue weighted by Crippen LogP contribution is -2.47. The third-order valence-electron chi connectivity index (χ3n) is 3.89. The van der Waals surface area contributed by atoms with Gasteiger partial charge in [-0.2, -0.15) is 0 Å². The van der Waals surface area contributed by atoms with Crippen LogP contribution in [0.25, 0.3) is 0 Å². The molecular weight excluding hydrogens is 244 g/mol. The summed E-state index contributed by atoms with van der Waals surface area (Å²) in [5, 5.41) is 9.26. The van der Waals surface area contributed by atoms with Crippen molar-refractivity contribution in [3.63, 3.8) is 0 Å². The molecule has 1 aromatic carbocycles. The Balaban J connectivity index is 1.80. The van der Waals surface area contributed by atoms with Crippen molar-refractivity contribution < 1.29 is 14.7 Å². The zero-order valence-corrected chi connectivity index (χ0v) is 10.6. The van der Waals surface area contributed by atoms with Crippen molar-refractivity contribution in [2.45, 2.75) is 12.3 Å². The summed E-state index contributed by atoms with van der Waals surface area (Å²) in [7, 11) is 0. The molecule has 1 saturated heterocycles. The predicted molar refractivity (Wildman–Crippen MR) is 70.2 cm³/mol. The van der Waals surface area contributed by atoms with Crippen molar-refractivity contribution in [1.29, 1.82) is 0 Å². The quantitative estimate of drug-likeness (QED) is 0.877. The summed E-state index contributed by atoms with van der Waals surface area (Å²) in [6, 6.07) is 7.45. The number of benzene rings is 1. The van der Waals surface area contributed by atoms with Crippen LogP contribution in [0, 0.1) is 0 Å². The van der Waals surface area contributed by atoms with Crippen LogP contribution < -0.4 is 4.90 Å². The number of carboxylic acids is 1. The average molecular weight is 260 g/mol. The minimum atomic E-state index is -0.827. The van der Waals surface area contributed by atoms with Gasteiger partial charge in [-0.1, -0.05) is 18.2 Å². The molecule has 1 aromatic rings. The van der Waals surface area contributed by atoms with Crippen LogP contribution in [0.3, 0.4) is 0 Å². The zero-order valence-electron chi connectivity index (χ0n) is 10.6. The third kappa shape index (κ3) is 2.05. The first-order valence-electron chi connectivity index (χ1n) is 6.51. The van der Waals surface area contributed by atoms with Crippen molar-refractivity contribution >= 4 is 17.6 Å². The summed E-state index contributed by atoms with van der Waals surface area (Å²) in [4.78, 5) is 27.0. The van der Waals surface area contributed by atoms with Gasteiger partial charge >= 0.3 is 5.97 Å². The van der Waals surface area contributed by atoms with Crippen LogP contribution in [0.15, 0.2) is 24.3 Å². The Morgan fingerprint density at radius 1 is 1.26 bits per heavy atom. The maximum absolute atomic E-state index is 12.0. The van der Waals surface area contributed by atoms with Gasteiger partial charge in [0.25, 0.3) is 0 Å². The second kappa shape index (κ2) is 4.57. The van der Waals surface area contributed by atoms with Crippen LogP contribution >= 0.6 is 0 Å². The highest BCUT2D eigenvalue weighted by molar-refractivity contribution is 5.87. The zero-order chi connectivity index (χ0) is 13.4. The number of para-hydroxylation sites is 1. The molecular formula is C14H16N2O3. The van der Waals surface area contributed by atoms with E-state index in [1.807, 2.05) is 34.1 Å². The van der Waals surface area contributed by atoms with Gasteiger partial charge in [0.1, 0.15) is 5.92 Å². The second-order valence-electron chi connectivity index (χ2n) is 5.06. The summed E-state index contributed by atoms with van der Waals surface area (Å²) >= 11 is 0. The van der Waals surface area contributed by atoms with Crippen molar-refractivity contribution in [3.05, 3.63) is 29.8 Å². The van der Waals surface area contributed by atoms with Crippen LogP contribution in [0.1, 0.15) is 17.9 Å². The predicted octanol–water partition coefficient (Wildman–Crippen LogP) is 0.907. The first kappa shape index (κ1) is 12.0. The Morgan fingerprint density at radius 2 is 2.00 bits per heavy atom. The normalized spacial score (nSPS) is 20.9. The van der Waals surface area contributed by atoms with Crippen molar-refractivity contribution in [3.8, 4) is 0 Å².